The Labute approximate surface area is 162 Å². The van der Waals surface area contributed by atoms with Crippen LogP contribution in [0.2, 0.25) is 5.02 Å². The molecule has 2 aliphatic heterocycles. The zero-order valence-electron chi connectivity index (χ0n) is 15.4. The van der Waals surface area contributed by atoms with Gasteiger partial charge in [-0.2, -0.15) is 0 Å². The summed E-state index contributed by atoms with van der Waals surface area (Å²) in [5, 5.41) is 5.34. The molecule has 146 valence electrons. The van der Waals surface area contributed by atoms with Gasteiger partial charge < -0.3 is 19.9 Å². The molecule has 8 nitrogen and oxygen atoms in total. The lowest BCUT2D eigenvalue weighted by Crippen LogP contribution is -2.50. The topological polar surface area (TPSA) is 91.0 Å². The van der Waals surface area contributed by atoms with E-state index in [1.807, 2.05) is 12.1 Å². The Morgan fingerprint density at radius 3 is 2.56 bits per heavy atom. The maximum Gasteiger partial charge on any atom is 0.322 e. The lowest BCUT2D eigenvalue weighted by molar-refractivity contribution is -0.132. The summed E-state index contributed by atoms with van der Waals surface area (Å²) in [6.07, 6.45) is 0.469. The Hall–Kier alpha value is -2.48. The quantitative estimate of drug-likeness (QED) is 0.736. The lowest BCUT2D eigenvalue weighted by atomic mass is 9.96. The lowest BCUT2D eigenvalue weighted by Gasteiger charge is -2.37. The second-order valence-electron chi connectivity index (χ2n) is 6.90. The molecule has 4 amide bonds. The predicted molar refractivity (Wildman–Crippen MR) is 101 cm³/mol. The second-order valence-corrected chi connectivity index (χ2v) is 7.31. The maximum absolute atomic E-state index is 12.5. The van der Waals surface area contributed by atoms with Crippen molar-refractivity contribution in [2.75, 3.05) is 38.2 Å². The number of nitrogens with zero attached hydrogens (tertiary/aromatic N) is 2. The smallest absolute Gasteiger partial charge is 0.322 e. The van der Waals surface area contributed by atoms with Gasteiger partial charge in [0.2, 0.25) is 5.91 Å². The largest absolute Gasteiger partial charge is 0.493 e. The number of hydrogen-bond acceptors (Lipinski definition) is 5. The molecular formula is C18H23ClN4O4. The average molecular weight is 395 g/mol. The predicted octanol–water partition coefficient (Wildman–Crippen LogP) is 1.38. The van der Waals surface area contributed by atoms with Crippen molar-refractivity contribution in [2.24, 2.45) is 0 Å². The van der Waals surface area contributed by atoms with Crippen LogP contribution >= 0.6 is 11.6 Å². The molecule has 0 aliphatic carbocycles. The van der Waals surface area contributed by atoms with Gasteiger partial charge in [0.05, 0.1) is 17.8 Å². The standard InChI is InChI=1S/C18H23ClN4O4/c1-18(16(25)20-17(26)21-18)7-6-14(24)23-10-8-22(9-11-23)13-5-3-4-12(19)15(13)27-2/h3-5H,6-11H2,1-2H3,(H2,20,21,25,26)/t18-/m1/s1. The molecule has 0 spiro atoms. The number of piperazine rings is 1. The third kappa shape index (κ3) is 3.95. The van der Waals surface area contributed by atoms with Crippen LogP contribution in [0, 0.1) is 0 Å². The number of ether oxygens (including phenoxy) is 1. The van der Waals surface area contributed by atoms with E-state index in [2.05, 4.69) is 15.5 Å². The molecule has 2 fully saturated rings. The van der Waals surface area contributed by atoms with Crippen molar-refractivity contribution < 1.29 is 19.1 Å². The third-order valence-corrected chi connectivity index (χ3v) is 5.38. The van der Waals surface area contributed by atoms with Crippen molar-refractivity contribution in [1.82, 2.24) is 15.5 Å². The maximum atomic E-state index is 12.5. The number of urea groups is 1. The van der Waals surface area contributed by atoms with E-state index in [0.29, 0.717) is 37.0 Å². The van der Waals surface area contributed by atoms with Crippen molar-refractivity contribution in [3.05, 3.63) is 23.2 Å². The summed E-state index contributed by atoms with van der Waals surface area (Å²) in [6.45, 7) is 4.10. The SMILES string of the molecule is COc1c(Cl)cccc1N1CCN(C(=O)CC[C@@]2(C)NC(=O)NC2=O)CC1. The minimum absolute atomic E-state index is 0.0251. The van der Waals surface area contributed by atoms with Gasteiger partial charge in [0.15, 0.2) is 5.75 Å². The van der Waals surface area contributed by atoms with Crippen LogP contribution in [0.4, 0.5) is 10.5 Å². The Balaban J connectivity index is 1.55. The molecule has 2 aliphatic rings. The molecule has 0 unspecified atom stereocenters. The molecule has 27 heavy (non-hydrogen) atoms. The number of anilines is 1. The van der Waals surface area contributed by atoms with Gasteiger partial charge in [-0.25, -0.2) is 4.79 Å². The van der Waals surface area contributed by atoms with Gasteiger partial charge in [-0.3, -0.25) is 14.9 Å². The molecule has 0 aromatic heterocycles. The van der Waals surface area contributed by atoms with Gasteiger partial charge in [0.1, 0.15) is 5.54 Å². The van der Waals surface area contributed by atoms with E-state index >= 15 is 0 Å². The van der Waals surface area contributed by atoms with Crippen molar-refractivity contribution in [3.8, 4) is 5.75 Å². The van der Waals surface area contributed by atoms with E-state index in [0.717, 1.165) is 5.69 Å². The molecule has 2 heterocycles. The highest BCUT2D eigenvalue weighted by Crippen LogP contribution is 2.35. The van der Waals surface area contributed by atoms with E-state index in [9.17, 15) is 14.4 Å². The number of para-hydroxylation sites is 1. The summed E-state index contributed by atoms with van der Waals surface area (Å²) in [4.78, 5) is 39.6. The molecule has 0 bridgehead atoms. The van der Waals surface area contributed by atoms with Gasteiger partial charge in [-0.05, 0) is 25.5 Å². The van der Waals surface area contributed by atoms with E-state index in [1.54, 1.807) is 25.0 Å². The number of carbonyl (C=O) groups excluding carboxylic acids is 3. The van der Waals surface area contributed by atoms with E-state index in [-0.39, 0.29) is 18.7 Å². The van der Waals surface area contributed by atoms with Crippen LogP contribution < -0.4 is 20.3 Å². The van der Waals surface area contributed by atoms with Gasteiger partial charge in [0.25, 0.3) is 5.91 Å². The van der Waals surface area contributed by atoms with Gasteiger partial charge in [-0.15, -0.1) is 0 Å². The number of imide groups is 1. The van der Waals surface area contributed by atoms with E-state index in [1.165, 1.54) is 0 Å². The van der Waals surface area contributed by atoms with Crippen LogP contribution in [0.5, 0.6) is 5.75 Å². The first-order valence-corrected chi connectivity index (χ1v) is 9.20. The van der Waals surface area contributed by atoms with Crippen molar-refractivity contribution in [1.29, 1.82) is 0 Å². The minimum Gasteiger partial charge on any atom is -0.493 e. The highest BCUT2D eigenvalue weighted by atomic mass is 35.5. The fourth-order valence-corrected chi connectivity index (χ4v) is 3.66. The molecule has 2 saturated heterocycles. The summed E-state index contributed by atoms with van der Waals surface area (Å²) in [5.41, 5.74) is -0.113. The van der Waals surface area contributed by atoms with E-state index in [4.69, 9.17) is 16.3 Å². The first-order valence-electron chi connectivity index (χ1n) is 8.83. The number of hydrogen-bond donors (Lipinski definition) is 2. The number of nitrogens with one attached hydrogen (secondary N) is 2. The van der Waals surface area contributed by atoms with Crippen LogP contribution in [0.3, 0.4) is 0 Å². The molecule has 0 radical (unpaired) electrons. The van der Waals surface area contributed by atoms with Crippen LogP contribution in [0.25, 0.3) is 0 Å². The summed E-state index contributed by atoms with van der Waals surface area (Å²) in [7, 11) is 1.59. The first kappa shape index (κ1) is 19.3. The molecule has 9 heteroatoms. The monoisotopic (exact) mass is 394 g/mol. The molecule has 1 aromatic rings. The van der Waals surface area contributed by atoms with E-state index < -0.39 is 17.5 Å². The fourth-order valence-electron chi connectivity index (χ4n) is 3.42. The Morgan fingerprint density at radius 2 is 1.96 bits per heavy atom. The van der Waals surface area contributed by atoms with Crippen LogP contribution in [-0.2, 0) is 9.59 Å². The minimum atomic E-state index is -1.03. The molecule has 2 N–H and O–H groups in total. The highest BCUT2D eigenvalue weighted by Gasteiger charge is 2.42. The van der Waals surface area contributed by atoms with Crippen LogP contribution in [0.15, 0.2) is 18.2 Å². The zero-order valence-corrected chi connectivity index (χ0v) is 16.1. The van der Waals surface area contributed by atoms with Crippen LogP contribution in [0.1, 0.15) is 19.8 Å². The van der Waals surface area contributed by atoms with Gasteiger partial charge in [0, 0.05) is 32.6 Å². The molecule has 3 rings (SSSR count). The zero-order chi connectivity index (χ0) is 19.6. The summed E-state index contributed by atoms with van der Waals surface area (Å²) in [5.74, 6) is 0.218. The molecule has 1 atom stereocenters. The van der Waals surface area contributed by atoms with Crippen LogP contribution in [-0.4, -0.2) is 61.6 Å². The number of rotatable bonds is 5. The number of methoxy groups -OCH3 is 1. The van der Waals surface area contributed by atoms with Gasteiger partial charge >= 0.3 is 6.03 Å². The average Bonchev–Trinajstić information content (AvgIpc) is 2.91. The first-order chi connectivity index (χ1) is 12.8. The fraction of sp³-hybridized carbons (Fsp3) is 0.500. The summed E-state index contributed by atoms with van der Waals surface area (Å²) in [6, 6.07) is 5.09. The molecular weight excluding hydrogens is 372 g/mol. The number of benzene rings is 1. The normalized spacial score (nSPS) is 22.5. The Kier molecular flexibility index (Phi) is 5.46. The Bertz CT molecular complexity index is 764. The van der Waals surface area contributed by atoms with Crippen molar-refractivity contribution in [2.45, 2.75) is 25.3 Å². The van der Waals surface area contributed by atoms with Crippen molar-refractivity contribution in [3.63, 3.8) is 0 Å². The second kappa shape index (κ2) is 7.64. The molecule has 1 aromatic carbocycles. The Morgan fingerprint density at radius 1 is 1.26 bits per heavy atom. The molecule has 0 saturated carbocycles. The summed E-state index contributed by atoms with van der Waals surface area (Å²) >= 11 is 6.19. The summed E-state index contributed by atoms with van der Waals surface area (Å²) < 4.78 is 5.40. The van der Waals surface area contributed by atoms with Crippen molar-refractivity contribution >= 4 is 35.1 Å². The highest BCUT2D eigenvalue weighted by molar-refractivity contribution is 6.32. The van der Waals surface area contributed by atoms with Gasteiger partial charge in [-0.1, -0.05) is 17.7 Å². The number of amides is 4. The number of halogens is 1. The third-order valence-electron chi connectivity index (χ3n) is 5.08. The number of carbonyl (C=O) groups is 3.